The van der Waals surface area contributed by atoms with Gasteiger partial charge in [-0.15, -0.1) is 0 Å². The predicted octanol–water partition coefficient (Wildman–Crippen LogP) is 2.30. The van der Waals surface area contributed by atoms with Gasteiger partial charge in [-0.25, -0.2) is 0 Å². The van der Waals surface area contributed by atoms with Crippen LogP contribution in [0.2, 0.25) is 0 Å². The highest BCUT2D eigenvalue weighted by Crippen LogP contribution is 2.23. The number of nitrogens with zero attached hydrogens (tertiary/aromatic N) is 2. The third-order valence-corrected chi connectivity index (χ3v) is 4.84. The molecule has 1 saturated heterocycles. The Bertz CT molecular complexity index is 272. The van der Waals surface area contributed by atoms with E-state index in [1.807, 2.05) is 0 Å². The zero-order valence-electron chi connectivity index (χ0n) is 12.0. The number of carbonyl (C=O) groups excluding carboxylic acids is 1. The molecule has 1 unspecified atom stereocenters. The van der Waals surface area contributed by atoms with E-state index in [4.69, 9.17) is 0 Å². The summed E-state index contributed by atoms with van der Waals surface area (Å²) in [4.78, 5) is 17.1. The quantitative estimate of drug-likeness (QED) is 0.720. The fraction of sp³-hybridized carbons (Fsp3) is 0.933. The van der Waals surface area contributed by atoms with Crippen molar-refractivity contribution in [3.8, 4) is 0 Å². The Labute approximate surface area is 112 Å². The molecule has 104 valence electrons. The van der Waals surface area contributed by atoms with Crippen molar-refractivity contribution in [3.63, 3.8) is 0 Å². The topological polar surface area (TPSA) is 23.6 Å². The van der Waals surface area contributed by atoms with Crippen molar-refractivity contribution in [1.82, 2.24) is 9.80 Å². The van der Waals surface area contributed by atoms with Gasteiger partial charge >= 0.3 is 0 Å². The fourth-order valence-electron chi connectivity index (χ4n) is 3.47. The monoisotopic (exact) mass is 252 g/mol. The van der Waals surface area contributed by atoms with Gasteiger partial charge in [-0.2, -0.15) is 0 Å². The summed E-state index contributed by atoms with van der Waals surface area (Å²) >= 11 is 0. The van der Waals surface area contributed by atoms with Gasteiger partial charge in [0.2, 0.25) is 0 Å². The summed E-state index contributed by atoms with van der Waals surface area (Å²) < 4.78 is 0. The van der Waals surface area contributed by atoms with Crippen LogP contribution in [0.4, 0.5) is 0 Å². The third kappa shape index (κ3) is 3.33. The minimum atomic E-state index is 0.214. The molecule has 1 saturated carbocycles. The number of Topliss-reactive ketones (excluding diaryl/α,β-unsaturated/α-hetero) is 1. The summed E-state index contributed by atoms with van der Waals surface area (Å²) in [5.41, 5.74) is 0. The van der Waals surface area contributed by atoms with Crippen molar-refractivity contribution < 1.29 is 4.79 Å². The first-order valence-corrected chi connectivity index (χ1v) is 7.69. The van der Waals surface area contributed by atoms with Crippen molar-refractivity contribution in [2.24, 2.45) is 0 Å². The number of likely N-dealkylation sites (tertiary alicyclic amines) is 1. The minimum Gasteiger partial charge on any atom is -0.303 e. The lowest BCUT2D eigenvalue weighted by Crippen LogP contribution is -2.49. The summed E-state index contributed by atoms with van der Waals surface area (Å²) in [6.45, 7) is 5.80. The molecule has 0 N–H and O–H groups in total. The number of carbonyl (C=O) groups is 1. The summed E-state index contributed by atoms with van der Waals surface area (Å²) in [6.07, 6.45) is 7.94. The van der Waals surface area contributed by atoms with E-state index in [0.717, 1.165) is 19.3 Å². The van der Waals surface area contributed by atoms with Gasteiger partial charge in [0.25, 0.3) is 0 Å². The average molecular weight is 252 g/mol. The van der Waals surface area contributed by atoms with Crippen molar-refractivity contribution in [2.75, 3.05) is 26.7 Å². The van der Waals surface area contributed by atoms with Crippen molar-refractivity contribution in [3.05, 3.63) is 0 Å². The molecule has 2 rings (SSSR count). The number of piperidine rings is 1. The van der Waals surface area contributed by atoms with E-state index in [9.17, 15) is 4.79 Å². The molecular formula is C15H28N2O. The normalized spacial score (nSPS) is 28.6. The third-order valence-electron chi connectivity index (χ3n) is 4.84. The van der Waals surface area contributed by atoms with E-state index in [1.165, 1.54) is 45.3 Å². The Morgan fingerprint density at radius 3 is 2.56 bits per heavy atom. The zero-order chi connectivity index (χ0) is 13.0. The van der Waals surface area contributed by atoms with E-state index in [0.29, 0.717) is 11.8 Å². The number of rotatable bonds is 3. The first-order valence-electron chi connectivity index (χ1n) is 7.69. The molecule has 0 spiro atoms. The molecule has 1 heterocycles. The average Bonchev–Trinajstić information content (AvgIpc) is 2.63. The highest BCUT2D eigenvalue weighted by Gasteiger charge is 2.30. The van der Waals surface area contributed by atoms with Crippen LogP contribution in [-0.2, 0) is 4.79 Å². The maximum absolute atomic E-state index is 12.2. The highest BCUT2D eigenvalue weighted by molar-refractivity contribution is 5.84. The molecule has 1 aliphatic carbocycles. The molecule has 0 aromatic carbocycles. The molecule has 18 heavy (non-hydrogen) atoms. The first-order chi connectivity index (χ1) is 8.72. The van der Waals surface area contributed by atoms with E-state index >= 15 is 0 Å². The molecule has 0 amide bonds. The number of ketones is 1. The van der Waals surface area contributed by atoms with Gasteiger partial charge in [0.15, 0.2) is 0 Å². The van der Waals surface area contributed by atoms with Gasteiger partial charge < -0.3 is 4.90 Å². The lowest BCUT2D eigenvalue weighted by atomic mass is 9.98. The van der Waals surface area contributed by atoms with Crippen LogP contribution in [0, 0.1) is 0 Å². The summed E-state index contributed by atoms with van der Waals surface area (Å²) in [5, 5.41) is 0. The Hall–Kier alpha value is -0.410. The summed E-state index contributed by atoms with van der Waals surface area (Å²) in [6, 6.07) is 0.838. The summed E-state index contributed by atoms with van der Waals surface area (Å²) in [5.74, 6) is 0.493. The zero-order valence-corrected chi connectivity index (χ0v) is 12.0. The molecular weight excluding hydrogens is 224 g/mol. The lowest BCUT2D eigenvalue weighted by Gasteiger charge is -2.39. The van der Waals surface area contributed by atoms with Crippen LogP contribution in [0.15, 0.2) is 0 Å². The molecule has 2 fully saturated rings. The minimum absolute atomic E-state index is 0.214. The molecule has 0 aromatic rings. The molecule has 2 aliphatic rings. The van der Waals surface area contributed by atoms with Crippen molar-refractivity contribution in [2.45, 2.75) is 64.0 Å². The largest absolute Gasteiger partial charge is 0.303 e. The van der Waals surface area contributed by atoms with E-state index < -0.39 is 0 Å². The van der Waals surface area contributed by atoms with Crippen LogP contribution >= 0.6 is 0 Å². The van der Waals surface area contributed by atoms with Gasteiger partial charge in [0.05, 0.1) is 6.04 Å². The van der Waals surface area contributed by atoms with Crippen LogP contribution in [0.1, 0.15) is 51.9 Å². The Morgan fingerprint density at radius 1 is 1.17 bits per heavy atom. The summed E-state index contributed by atoms with van der Waals surface area (Å²) in [7, 11) is 2.18. The molecule has 3 heteroatoms. The van der Waals surface area contributed by atoms with Crippen LogP contribution in [0.3, 0.4) is 0 Å². The Balaban J connectivity index is 1.89. The SMILES string of the molecule is CCN1CCC(N(C)C2CCCCCC2=O)CC1. The number of hydrogen-bond donors (Lipinski definition) is 0. The van der Waals surface area contributed by atoms with Crippen LogP contribution < -0.4 is 0 Å². The van der Waals surface area contributed by atoms with E-state index in [-0.39, 0.29) is 6.04 Å². The molecule has 3 nitrogen and oxygen atoms in total. The van der Waals surface area contributed by atoms with E-state index in [1.54, 1.807) is 0 Å². The molecule has 0 aromatic heterocycles. The molecule has 0 bridgehead atoms. The highest BCUT2D eigenvalue weighted by atomic mass is 16.1. The lowest BCUT2D eigenvalue weighted by molar-refractivity contribution is -0.124. The van der Waals surface area contributed by atoms with Gasteiger partial charge in [-0.05, 0) is 52.4 Å². The number of likely N-dealkylation sites (N-methyl/N-ethyl adjacent to an activating group) is 1. The Morgan fingerprint density at radius 2 is 1.89 bits per heavy atom. The number of hydrogen-bond acceptors (Lipinski definition) is 3. The van der Waals surface area contributed by atoms with Gasteiger partial charge in [0.1, 0.15) is 5.78 Å². The molecule has 1 aliphatic heterocycles. The molecule has 1 atom stereocenters. The Kier molecular flexibility index (Phi) is 5.19. The second-order valence-corrected chi connectivity index (χ2v) is 5.91. The van der Waals surface area contributed by atoms with Crippen LogP contribution in [-0.4, -0.2) is 54.3 Å². The van der Waals surface area contributed by atoms with Crippen molar-refractivity contribution >= 4 is 5.78 Å². The van der Waals surface area contributed by atoms with E-state index in [2.05, 4.69) is 23.8 Å². The van der Waals surface area contributed by atoms with Crippen molar-refractivity contribution in [1.29, 1.82) is 0 Å². The first kappa shape index (κ1) is 14.0. The fourth-order valence-corrected chi connectivity index (χ4v) is 3.47. The predicted molar refractivity (Wildman–Crippen MR) is 74.8 cm³/mol. The standard InChI is InChI=1S/C15H28N2O/c1-3-17-11-9-13(10-12-17)16(2)14-7-5-4-6-8-15(14)18/h13-14H,3-12H2,1-2H3. The van der Waals surface area contributed by atoms with Crippen LogP contribution in [0.25, 0.3) is 0 Å². The van der Waals surface area contributed by atoms with Gasteiger partial charge in [-0.1, -0.05) is 19.8 Å². The maximum Gasteiger partial charge on any atom is 0.149 e. The van der Waals surface area contributed by atoms with Crippen LogP contribution in [0.5, 0.6) is 0 Å². The smallest absolute Gasteiger partial charge is 0.149 e. The van der Waals surface area contributed by atoms with Gasteiger partial charge in [0, 0.05) is 12.5 Å². The molecule has 0 radical (unpaired) electrons. The maximum atomic E-state index is 12.2. The van der Waals surface area contributed by atoms with Gasteiger partial charge in [-0.3, -0.25) is 9.69 Å². The second kappa shape index (κ2) is 6.67. The second-order valence-electron chi connectivity index (χ2n) is 5.91.